The van der Waals surface area contributed by atoms with E-state index in [-0.39, 0.29) is 0 Å². The highest BCUT2D eigenvalue weighted by atomic mass is 35.6. The second kappa shape index (κ2) is 5.73. The quantitative estimate of drug-likeness (QED) is 0.425. The predicted molar refractivity (Wildman–Crippen MR) is 47.9 cm³/mol. The Bertz CT molecular complexity index is 159. The minimum absolute atomic E-state index is 3.15. The van der Waals surface area contributed by atoms with Crippen LogP contribution in [0.4, 0.5) is 30.7 Å². The lowest BCUT2D eigenvalue weighted by Gasteiger charge is -2.13. The van der Waals surface area contributed by atoms with E-state index in [2.05, 4.69) is 58.0 Å². The lowest BCUT2D eigenvalue weighted by Crippen LogP contribution is -2.28. The summed E-state index contributed by atoms with van der Waals surface area (Å²) in [6.07, 6.45) is -4.77. The molecule has 0 saturated carbocycles. The summed E-state index contributed by atoms with van der Waals surface area (Å²) >= 11 is 20.8. The molecular weight excluding hydrogens is 358 g/mol. The van der Waals surface area contributed by atoms with Crippen molar-refractivity contribution in [3.8, 4) is 0 Å². The van der Waals surface area contributed by atoms with Crippen molar-refractivity contribution in [3.05, 3.63) is 0 Å². The molecule has 100 valence electrons. The van der Waals surface area contributed by atoms with Crippen molar-refractivity contribution in [2.24, 2.45) is 0 Å². The van der Waals surface area contributed by atoms with Crippen LogP contribution in [0, 0.1) is 0 Å². The minimum Gasteiger partial charge on any atom is -0.179 e. The van der Waals surface area contributed by atoms with E-state index < -0.39 is 20.7 Å². The van der Waals surface area contributed by atoms with Crippen LogP contribution in [0.3, 0.4) is 0 Å². The van der Waals surface area contributed by atoms with Gasteiger partial charge in [-0.15, -0.1) is 0 Å². The summed E-state index contributed by atoms with van der Waals surface area (Å²) in [4.78, 5) is 0. The summed E-state index contributed by atoms with van der Waals surface area (Å²) in [5, 5.41) is -9.32. The first-order valence-corrected chi connectivity index (χ1v) is 4.66. The Kier molecular flexibility index (Phi) is 6.92. The summed E-state index contributed by atoms with van der Waals surface area (Å²) in [7, 11) is 0. The lowest BCUT2D eigenvalue weighted by atomic mass is 10.7. The van der Waals surface area contributed by atoms with Crippen molar-refractivity contribution < 1.29 is 30.7 Å². The van der Waals surface area contributed by atoms with E-state index >= 15 is 0 Å². The molecule has 0 bridgehead atoms. The first kappa shape index (κ1) is 19.3. The Morgan fingerprint density at radius 2 is 0.625 bits per heavy atom. The van der Waals surface area contributed by atoms with Gasteiger partial charge < -0.3 is 0 Å². The maximum Gasteiger partial charge on any atom is 0.435 e. The second-order valence-corrected chi connectivity index (χ2v) is 5.22. The van der Waals surface area contributed by atoms with E-state index in [1.807, 2.05) is 0 Å². The van der Waals surface area contributed by atoms with E-state index in [4.69, 9.17) is 0 Å². The lowest BCUT2D eigenvalue weighted by molar-refractivity contribution is -0.124. The van der Waals surface area contributed by atoms with Crippen LogP contribution in [0.1, 0.15) is 0 Å². The van der Waals surface area contributed by atoms with Crippen molar-refractivity contribution in [1.82, 2.24) is 0 Å². The van der Waals surface area contributed by atoms with Gasteiger partial charge in [0.1, 0.15) is 0 Å². The average molecular weight is 358 g/mol. The zero-order chi connectivity index (χ0) is 14.0. The smallest absolute Gasteiger partial charge is 0.179 e. The van der Waals surface area contributed by atoms with Gasteiger partial charge >= 0.3 is 16.9 Å². The van der Waals surface area contributed by atoms with Crippen molar-refractivity contribution in [1.29, 1.82) is 0 Å². The number of alkyl halides is 12. The number of hydrogen-bond donors (Lipinski definition) is 0. The van der Waals surface area contributed by atoms with Crippen LogP contribution < -0.4 is 0 Å². The third kappa shape index (κ3) is 8.11. The van der Waals surface area contributed by atoms with Crippen molar-refractivity contribution in [2.75, 3.05) is 0 Å². The Morgan fingerprint density at radius 3 is 0.625 bits per heavy atom. The van der Waals surface area contributed by atoms with Gasteiger partial charge in [0.25, 0.3) is 3.79 Å². The van der Waals surface area contributed by atoms with Crippen LogP contribution in [-0.4, -0.2) is 20.7 Å². The molecule has 0 saturated heterocycles. The average Bonchev–Trinajstić information content (AvgIpc) is 1.77. The molecule has 0 aliphatic carbocycles. The van der Waals surface area contributed by atoms with E-state index in [1.165, 1.54) is 0 Å². The zero-order valence-electron chi connectivity index (χ0n) is 6.54. The van der Waals surface area contributed by atoms with Gasteiger partial charge in [-0.3, -0.25) is 0 Å². The maximum absolute atomic E-state index is 11.2. The van der Waals surface area contributed by atoms with Gasteiger partial charge in [-0.05, 0) is 23.2 Å². The molecule has 0 atom stereocenters. The number of hydrogen-bond acceptors (Lipinski definition) is 0. The molecule has 0 radical (unpaired) electrons. The van der Waals surface area contributed by atoms with Crippen LogP contribution in [0.15, 0.2) is 0 Å². The van der Waals surface area contributed by atoms with Crippen LogP contribution >= 0.6 is 58.0 Å². The van der Waals surface area contributed by atoms with Gasteiger partial charge in [0.05, 0.1) is 0 Å². The predicted octanol–water partition coefficient (Wildman–Crippen LogP) is 5.57. The molecule has 0 aliphatic heterocycles. The normalized spacial score (nSPS) is 14.2. The second-order valence-electron chi connectivity index (χ2n) is 1.99. The first-order valence-electron chi connectivity index (χ1n) is 2.77. The maximum atomic E-state index is 11.2. The van der Waals surface area contributed by atoms with E-state index in [0.29, 0.717) is 0 Å². The molecular formula is C4Cl5F7. The third-order valence-corrected chi connectivity index (χ3v) is 1.86. The number of halogens is 12. The molecule has 0 spiro atoms. The fourth-order valence-corrected chi connectivity index (χ4v) is 0. The van der Waals surface area contributed by atoms with Gasteiger partial charge in [-0.2, -0.15) is 30.7 Å². The molecule has 0 fully saturated rings. The molecule has 0 rings (SSSR count). The molecule has 16 heavy (non-hydrogen) atoms. The summed E-state index contributed by atoms with van der Waals surface area (Å²) in [5.41, 5.74) is 0. The van der Waals surface area contributed by atoms with Crippen molar-refractivity contribution in [2.45, 2.75) is 20.7 Å². The Balaban J connectivity index is 0. The molecule has 0 nitrogen and oxygen atoms in total. The fraction of sp³-hybridized carbons (Fsp3) is 1.00. The first-order chi connectivity index (χ1) is 6.50. The summed E-state index contributed by atoms with van der Waals surface area (Å²) in [6, 6.07) is 0. The molecule has 0 heterocycles. The molecule has 12 heteroatoms. The van der Waals surface area contributed by atoms with Crippen LogP contribution in [0.5, 0.6) is 0 Å². The highest BCUT2D eigenvalue weighted by molar-refractivity contribution is 6.68. The standard InChI is InChI=1S/C2Cl3F3.C2Cl2F4/c3-1(4,5)2(6,7)8;3-1(5,6)2(4,7)8. The summed E-state index contributed by atoms with van der Waals surface area (Å²) < 4.78 is 74.8. The monoisotopic (exact) mass is 356 g/mol. The SMILES string of the molecule is FC(F)(Cl)C(F)(F)Cl.FC(F)(F)C(Cl)(Cl)Cl. The molecule has 0 unspecified atom stereocenters. The molecule has 0 aliphatic rings. The van der Waals surface area contributed by atoms with Gasteiger partial charge in [-0.25, -0.2) is 0 Å². The highest BCUT2D eigenvalue weighted by Gasteiger charge is 2.53. The topological polar surface area (TPSA) is 0 Å². The third-order valence-electron chi connectivity index (χ3n) is 0.643. The summed E-state index contributed by atoms with van der Waals surface area (Å²) in [6.45, 7) is 0. The van der Waals surface area contributed by atoms with Crippen LogP contribution in [0.2, 0.25) is 0 Å². The summed E-state index contributed by atoms with van der Waals surface area (Å²) in [5.74, 6) is 0. The van der Waals surface area contributed by atoms with Gasteiger partial charge in [0, 0.05) is 0 Å². The van der Waals surface area contributed by atoms with Crippen LogP contribution in [0.25, 0.3) is 0 Å². The van der Waals surface area contributed by atoms with Crippen molar-refractivity contribution >= 4 is 58.0 Å². The highest BCUT2D eigenvalue weighted by Crippen LogP contribution is 2.43. The fourth-order valence-electron chi connectivity index (χ4n) is 0. The van der Waals surface area contributed by atoms with E-state index in [9.17, 15) is 30.7 Å². The zero-order valence-corrected chi connectivity index (χ0v) is 10.3. The van der Waals surface area contributed by atoms with E-state index in [1.54, 1.807) is 0 Å². The van der Waals surface area contributed by atoms with Gasteiger partial charge in [-0.1, -0.05) is 34.8 Å². The van der Waals surface area contributed by atoms with Crippen LogP contribution in [-0.2, 0) is 0 Å². The molecule has 0 aromatic carbocycles. The Morgan fingerprint density at radius 1 is 0.500 bits per heavy atom. The number of rotatable bonds is 1. The van der Waals surface area contributed by atoms with Gasteiger partial charge in [0.2, 0.25) is 0 Å². The van der Waals surface area contributed by atoms with Gasteiger partial charge in [0.15, 0.2) is 0 Å². The van der Waals surface area contributed by atoms with Crippen molar-refractivity contribution in [3.63, 3.8) is 0 Å². The molecule has 0 aromatic heterocycles. The molecule has 0 amide bonds. The van der Waals surface area contributed by atoms with E-state index in [0.717, 1.165) is 0 Å². The Labute approximate surface area is 110 Å². The molecule has 0 aromatic rings. The minimum atomic E-state index is -4.77. The largest absolute Gasteiger partial charge is 0.435 e. The Hall–Kier alpha value is 0.960. The molecule has 0 N–H and O–H groups in total.